The second kappa shape index (κ2) is 9.03. The highest BCUT2D eigenvalue weighted by atomic mass is 16.5. The van der Waals surface area contributed by atoms with Crippen LogP contribution in [0.3, 0.4) is 0 Å². The zero-order valence-corrected chi connectivity index (χ0v) is 11.6. The molecule has 0 aliphatic rings. The SMILES string of the molecule is CCOCCOCc1ccc(CNC(C)C)cn1. The van der Waals surface area contributed by atoms with Gasteiger partial charge in [0.1, 0.15) is 0 Å². The smallest absolute Gasteiger partial charge is 0.0889 e. The molecule has 0 fully saturated rings. The van der Waals surface area contributed by atoms with Crippen LogP contribution in [0.4, 0.5) is 0 Å². The van der Waals surface area contributed by atoms with Gasteiger partial charge in [-0.2, -0.15) is 0 Å². The third-order valence-electron chi connectivity index (χ3n) is 2.43. The average Bonchev–Trinajstić information content (AvgIpc) is 2.37. The van der Waals surface area contributed by atoms with E-state index in [4.69, 9.17) is 9.47 Å². The van der Waals surface area contributed by atoms with Crippen molar-refractivity contribution in [3.8, 4) is 0 Å². The van der Waals surface area contributed by atoms with E-state index in [2.05, 4.69) is 30.2 Å². The summed E-state index contributed by atoms with van der Waals surface area (Å²) in [5.74, 6) is 0. The second-order valence-electron chi connectivity index (χ2n) is 4.44. The minimum absolute atomic E-state index is 0.492. The van der Waals surface area contributed by atoms with Gasteiger partial charge < -0.3 is 14.8 Å². The Bertz CT molecular complexity index is 312. The fourth-order valence-corrected chi connectivity index (χ4v) is 1.41. The van der Waals surface area contributed by atoms with Crippen molar-refractivity contribution < 1.29 is 9.47 Å². The maximum absolute atomic E-state index is 5.46. The van der Waals surface area contributed by atoms with Crippen LogP contribution in [0.1, 0.15) is 32.0 Å². The summed E-state index contributed by atoms with van der Waals surface area (Å²) in [5, 5.41) is 3.36. The number of hydrogen-bond donors (Lipinski definition) is 1. The Morgan fingerprint density at radius 1 is 1.22 bits per heavy atom. The summed E-state index contributed by atoms with van der Waals surface area (Å²) in [4.78, 5) is 4.37. The number of ether oxygens (including phenoxy) is 2. The van der Waals surface area contributed by atoms with Crippen LogP contribution in [0, 0.1) is 0 Å². The van der Waals surface area contributed by atoms with E-state index in [1.165, 1.54) is 5.56 Å². The molecule has 1 heterocycles. The number of rotatable bonds is 9. The van der Waals surface area contributed by atoms with Crippen molar-refractivity contribution in [3.05, 3.63) is 29.6 Å². The van der Waals surface area contributed by atoms with Crippen molar-refractivity contribution in [2.24, 2.45) is 0 Å². The predicted octanol–water partition coefficient (Wildman–Crippen LogP) is 2.13. The molecule has 1 aromatic rings. The Morgan fingerprint density at radius 2 is 2.00 bits per heavy atom. The highest BCUT2D eigenvalue weighted by Gasteiger charge is 1.98. The number of hydrogen-bond acceptors (Lipinski definition) is 4. The van der Waals surface area contributed by atoms with Crippen molar-refractivity contribution in [2.45, 2.75) is 40.0 Å². The minimum Gasteiger partial charge on any atom is -0.379 e. The second-order valence-corrected chi connectivity index (χ2v) is 4.44. The predicted molar refractivity (Wildman–Crippen MR) is 72.4 cm³/mol. The van der Waals surface area contributed by atoms with Crippen molar-refractivity contribution >= 4 is 0 Å². The molecule has 4 nitrogen and oxygen atoms in total. The van der Waals surface area contributed by atoms with Crippen LogP contribution < -0.4 is 5.32 Å². The van der Waals surface area contributed by atoms with Crippen LogP contribution in [0.2, 0.25) is 0 Å². The molecule has 0 spiro atoms. The summed E-state index contributed by atoms with van der Waals surface area (Å²) in [6, 6.07) is 4.59. The first kappa shape index (κ1) is 15.1. The lowest BCUT2D eigenvalue weighted by Crippen LogP contribution is -2.21. The lowest BCUT2D eigenvalue weighted by Gasteiger charge is -2.08. The summed E-state index contributed by atoms with van der Waals surface area (Å²) in [6.07, 6.45) is 1.90. The molecule has 0 amide bonds. The fraction of sp³-hybridized carbons (Fsp3) is 0.643. The average molecular weight is 252 g/mol. The van der Waals surface area contributed by atoms with Gasteiger partial charge in [-0.25, -0.2) is 0 Å². The van der Waals surface area contributed by atoms with Gasteiger partial charge in [0.25, 0.3) is 0 Å². The largest absolute Gasteiger partial charge is 0.379 e. The molecule has 18 heavy (non-hydrogen) atoms. The summed E-state index contributed by atoms with van der Waals surface area (Å²) in [5.41, 5.74) is 2.15. The molecule has 0 unspecified atom stereocenters. The topological polar surface area (TPSA) is 43.4 Å². The lowest BCUT2D eigenvalue weighted by atomic mass is 10.2. The molecule has 102 valence electrons. The van der Waals surface area contributed by atoms with Gasteiger partial charge in [-0.3, -0.25) is 4.98 Å². The summed E-state index contributed by atoms with van der Waals surface area (Å²) in [7, 11) is 0. The van der Waals surface area contributed by atoms with E-state index >= 15 is 0 Å². The van der Waals surface area contributed by atoms with E-state index in [0.29, 0.717) is 25.9 Å². The first-order chi connectivity index (χ1) is 8.72. The van der Waals surface area contributed by atoms with Crippen LogP contribution in [-0.4, -0.2) is 30.8 Å². The molecule has 4 heteroatoms. The number of nitrogens with one attached hydrogen (secondary N) is 1. The molecule has 1 N–H and O–H groups in total. The highest BCUT2D eigenvalue weighted by Crippen LogP contribution is 2.02. The van der Waals surface area contributed by atoms with E-state index in [1.807, 2.05) is 19.2 Å². The summed E-state index contributed by atoms with van der Waals surface area (Å²) < 4.78 is 10.6. The normalized spacial score (nSPS) is 11.1. The third kappa shape index (κ3) is 6.69. The summed E-state index contributed by atoms with van der Waals surface area (Å²) >= 11 is 0. The quantitative estimate of drug-likeness (QED) is 0.684. The molecule has 1 rings (SSSR count). The molecule has 0 bridgehead atoms. The van der Waals surface area contributed by atoms with Crippen LogP contribution >= 0.6 is 0 Å². The van der Waals surface area contributed by atoms with E-state index in [1.54, 1.807) is 0 Å². The lowest BCUT2D eigenvalue weighted by molar-refractivity contribution is 0.0441. The maximum Gasteiger partial charge on any atom is 0.0889 e. The molecular formula is C14H24N2O2. The van der Waals surface area contributed by atoms with Crippen LogP contribution in [-0.2, 0) is 22.6 Å². The van der Waals surface area contributed by atoms with E-state index in [-0.39, 0.29) is 0 Å². The Hall–Kier alpha value is -0.970. The van der Waals surface area contributed by atoms with Crippen LogP contribution in [0.15, 0.2) is 18.3 Å². The van der Waals surface area contributed by atoms with Gasteiger partial charge in [-0.15, -0.1) is 0 Å². The standard InChI is InChI=1S/C14H24N2O2/c1-4-17-7-8-18-11-14-6-5-13(10-16-14)9-15-12(2)3/h5-6,10,12,15H,4,7-9,11H2,1-3H3. The van der Waals surface area contributed by atoms with Gasteiger partial charge in [0.15, 0.2) is 0 Å². The first-order valence-corrected chi connectivity index (χ1v) is 6.55. The third-order valence-corrected chi connectivity index (χ3v) is 2.43. The molecule has 0 aliphatic carbocycles. The number of aromatic nitrogens is 1. The Labute approximate surface area is 110 Å². The highest BCUT2D eigenvalue weighted by molar-refractivity contribution is 5.13. The molecule has 0 aliphatic heterocycles. The van der Waals surface area contributed by atoms with E-state index < -0.39 is 0 Å². The van der Waals surface area contributed by atoms with Crippen LogP contribution in [0.25, 0.3) is 0 Å². The Morgan fingerprint density at radius 3 is 2.61 bits per heavy atom. The van der Waals surface area contributed by atoms with Gasteiger partial charge in [-0.1, -0.05) is 19.9 Å². The molecule has 0 saturated heterocycles. The van der Waals surface area contributed by atoms with Gasteiger partial charge in [-0.05, 0) is 18.6 Å². The molecule has 0 saturated carbocycles. The summed E-state index contributed by atoms with van der Waals surface area (Å²) in [6.45, 7) is 9.65. The van der Waals surface area contributed by atoms with Gasteiger partial charge in [0.2, 0.25) is 0 Å². The van der Waals surface area contributed by atoms with E-state index in [0.717, 1.165) is 18.8 Å². The maximum atomic E-state index is 5.46. The molecule has 0 radical (unpaired) electrons. The zero-order valence-electron chi connectivity index (χ0n) is 11.6. The Kier molecular flexibility index (Phi) is 7.57. The van der Waals surface area contributed by atoms with Crippen LogP contribution in [0.5, 0.6) is 0 Å². The van der Waals surface area contributed by atoms with Crippen molar-refractivity contribution in [2.75, 3.05) is 19.8 Å². The van der Waals surface area contributed by atoms with Crippen molar-refractivity contribution in [3.63, 3.8) is 0 Å². The molecular weight excluding hydrogens is 228 g/mol. The van der Waals surface area contributed by atoms with Crippen molar-refractivity contribution in [1.82, 2.24) is 10.3 Å². The Balaban J connectivity index is 2.23. The molecule has 0 aromatic carbocycles. The van der Waals surface area contributed by atoms with Gasteiger partial charge in [0.05, 0.1) is 25.5 Å². The zero-order chi connectivity index (χ0) is 13.2. The first-order valence-electron chi connectivity index (χ1n) is 6.55. The van der Waals surface area contributed by atoms with Gasteiger partial charge >= 0.3 is 0 Å². The molecule has 0 atom stereocenters. The molecule has 1 aromatic heterocycles. The van der Waals surface area contributed by atoms with E-state index in [9.17, 15) is 0 Å². The van der Waals surface area contributed by atoms with Gasteiger partial charge in [0, 0.05) is 25.4 Å². The number of nitrogens with zero attached hydrogens (tertiary/aromatic N) is 1. The monoisotopic (exact) mass is 252 g/mol. The van der Waals surface area contributed by atoms with Crippen molar-refractivity contribution in [1.29, 1.82) is 0 Å². The minimum atomic E-state index is 0.492. The fourth-order valence-electron chi connectivity index (χ4n) is 1.41. The number of pyridine rings is 1.